The van der Waals surface area contributed by atoms with E-state index in [1.165, 1.54) is 12.5 Å². The van der Waals surface area contributed by atoms with Gasteiger partial charge in [-0.05, 0) is 44.4 Å². The standard InChI is InChI=1S/C18H25F2N3O2/c1-11(13-8-9-15(19)16(20)10-13)21-12(2)17(24)23-18(25)22-14-6-4-3-5-7-14/h8-12,14,21H,3-7H2,1-2H3,(H2,22,23,24,25)/t11-,12-/m0/s1. The van der Waals surface area contributed by atoms with Crippen LogP contribution in [0.15, 0.2) is 18.2 Å². The number of hydrogen-bond acceptors (Lipinski definition) is 3. The molecule has 3 amide bonds. The maximum Gasteiger partial charge on any atom is 0.321 e. The number of carbonyl (C=O) groups is 2. The van der Waals surface area contributed by atoms with E-state index < -0.39 is 29.6 Å². The first-order valence-electron chi connectivity index (χ1n) is 8.69. The molecule has 25 heavy (non-hydrogen) atoms. The van der Waals surface area contributed by atoms with Crippen molar-refractivity contribution in [1.82, 2.24) is 16.0 Å². The van der Waals surface area contributed by atoms with Crippen LogP contribution in [0.1, 0.15) is 57.6 Å². The number of carbonyl (C=O) groups excluding carboxylic acids is 2. The summed E-state index contributed by atoms with van der Waals surface area (Å²) >= 11 is 0. The van der Waals surface area contributed by atoms with Crippen LogP contribution >= 0.6 is 0 Å². The van der Waals surface area contributed by atoms with Crippen molar-refractivity contribution in [2.45, 2.75) is 64.1 Å². The quantitative estimate of drug-likeness (QED) is 0.761. The summed E-state index contributed by atoms with van der Waals surface area (Å²) in [6, 6.07) is 2.17. The van der Waals surface area contributed by atoms with Crippen molar-refractivity contribution in [3.05, 3.63) is 35.4 Å². The molecule has 5 nitrogen and oxygen atoms in total. The molecule has 1 saturated carbocycles. The predicted octanol–water partition coefficient (Wildman–Crippen LogP) is 3.16. The number of hydrogen-bond donors (Lipinski definition) is 3. The summed E-state index contributed by atoms with van der Waals surface area (Å²) in [5.41, 5.74) is 0.519. The Morgan fingerprint density at radius 2 is 1.76 bits per heavy atom. The molecular formula is C18H25F2N3O2. The lowest BCUT2D eigenvalue weighted by Crippen LogP contribution is -2.50. The number of amides is 3. The summed E-state index contributed by atoms with van der Waals surface area (Å²) in [5.74, 6) is -2.32. The molecule has 1 fully saturated rings. The van der Waals surface area contributed by atoms with Crippen molar-refractivity contribution >= 4 is 11.9 Å². The van der Waals surface area contributed by atoms with Crippen LogP contribution in [0, 0.1) is 11.6 Å². The van der Waals surface area contributed by atoms with E-state index >= 15 is 0 Å². The normalized spacial score (nSPS) is 17.6. The van der Waals surface area contributed by atoms with E-state index in [1.807, 2.05) is 0 Å². The van der Waals surface area contributed by atoms with Gasteiger partial charge in [0.25, 0.3) is 0 Å². The Hall–Kier alpha value is -2.02. The molecular weight excluding hydrogens is 328 g/mol. The highest BCUT2D eigenvalue weighted by molar-refractivity contribution is 5.96. The van der Waals surface area contributed by atoms with E-state index in [4.69, 9.17) is 0 Å². The molecule has 0 aromatic heterocycles. The topological polar surface area (TPSA) is 70.2 Å². The van der Waals surface area contributed by atoms with Gasteiger partial charge in [-0.1, -0.05) is 25.3 Å². The Kier molecular flexibility index (Phi) is 6.87. The molecule has 0 bridgehead atoms. The number of urea groups is 1. The predicted molar refractivity (Wildman–Crippen MR) is 90.9 cm³/mol. The molecule has 0 heterocycles. The zero-order chi connectivity index (χ0) is 18.4. The average molecular weight is 353 g/mol. The van der Waals surface area contributed by atoms with E-state index in [9.17, 15) is 18.4 Å². The molecule has 138 valence electrons. The molecule has 0 unspecified atom stereocenters. The van der Waals surface area contributed by atoms with Gasteiger partial charge in [-0.2, -0.15) is 0 Å². The third-order valence-electron chi connectivity index (χ3n) is 4.51. The Labute approximate surface area is 146 Å². The third-order valence-corrected chi connectivity index (χ3v) is 4.51. The molecule has 2 rings (SSSR count). The minimum absolute atomic E-state index is 0.117. The van der Waals surface area contributed by atoms with Crippen LogP contribution < -0.4 is 16.0 Å². The molecule has 0 spiro atoms. The molecule has 1 aromatic carbocycles. The van der Waals surface area contributed by atoms with Gasteiger partial charge in [0.15, 0.2) is 11.6 Å². The molecule has 1 aliphatic carbocycles. The lowest BCUT2D eigenvalue weighted by molar-refractivity contribution is -0.121. The molecule has 1 aromatic rings. The Morgan fingerprint density at radius 1 is 1.08 bits per heavy atom. The fourth-order valence-electron chi connectivity index (χ4n) is 3.02. The van der Waals surface area contributed by atoms with E-state index in [2.05, 4.69) is 16.0 Å². The summed E-state index contributed by atoms with van der Waals surface area (Å²) in [7, 11) is 0. The molecule has 7 heteroatoms. The van der Waals surface area contributed by atoms with Gasteiger partial charge in [-0.3, -0.25) is 15.4 Å². The zero-order valence-corrected chi connectivity index (χ0v) is 14.6. The van der Waals surface area contributed by atoms with Crippen LogP contribution in [0.5, 0.6) is 0 Å². The van der Waals surface area contributed by atoms with Crippen LogP contribution in [-0.4, -0.2) is 24.0 Å². The first-order chi connectivity index (χ1) is 11.9. The van der Waals surface area contributed by atoms with Crippen LogP contribution in [-0.2, 0) is 4.79 Å². The second kappa shape index (κ2) is 8.89. The molecule has 3 N–H and O–H groups in total. The fraction of sp³-hybridized carbons (Fsp3) is 0.556. The maximum absolute atomic E-state index is 13.3. The lowest BCUT2D eigenvalue weighted by Gasteiger charge is -2.24. The molecule has 0 radical (unpaired) electrons. The summed E-state index contributed by atoms with van der Waals surface area (Å²) in [5, 5.41) is 8.10. The number of halogens is 2. The summed E-state index contributed by atoms with van der Waals surface area (Å²) < 4.78 is 26.3. The highest BCUT2D eigenvalue weighted by atomic mass is 19.2. The van der Waals surface area contributed by atoms with Crippen molar-refractivity contribution in [2.75, 3.05) is 0 Å². The molecule has 0 aliphatic heterocycles. The number of benzene rings is 1. The number of nitrogens with one attached hydrogen (secondary N) is 3. The van der Waals surface area contributed by atoms with Gasteiger partial charge in [-0.25, -0.2) is 13.6 Å². The van der Waals surface area contributed by atoms with Gasteiger partial charge >= 0.3 is 6.03 Å². The Bertz CT molecular complexity index is 618. The van der Waals surface area contributed by atoms with E-state index in [-0.39, 0.29) is 12.1 Å². The SMILES string of the molecule is C[C@H](N[C@@H](C)c1ccc(F)c(F)c1)C(=O)NC(=O)NC1CCCCC1. The summed E-state index contributed by atoms with van der Waals surface area (Å²) in [6.07, 6.45) is 5.22. The van der Waals surface area contributed by atoms with Crippen LogP contribution in [0.3, 0.4) is 0 Å². The van der Waals surface area contributed by atoms with E-state index in [1.54, 1.807) is 13.8 Å². The largest absolute Gasteiger partial charge is 0.335 e. The van der Waals surface area contributed by atoms with Gasteiger partial charge in [0.05, 0.1) is 6.04 Å². The monoisotopic (exact) mass is 353 g/mol. The van der Waals surface area contributed by atoms with Gasteiger partial charge in [-0.15, -0.1) is 0 Å². The fourth-order valence-corrected chi connectivity index (χ4v) is 3.02. The van der Waals surface area contributed by atoms with Crippen molar-refractivity contribution in [1.29, 1.82) is 0 Å². The van der Waals surface area contributed by atoms with E-state index in [0.717, 1.165) is 37.8 Å². The third kappa shape index (κ3) is 5.77. The van der Waals surface area contributed by atoms with Crippen LogP contribution in [0.25, 0.3) is 0 Å². The second-order valence-electron chi connectivity index (χ2n) is 6.58. The average Bonchev–Trinajstić information content (AvgIpc) is 2.57. The van der Waals surface area contributed by atoms with Gasteiger partial charge in [0.1, 0.15) is 0 Å². The minimum Gasteiger partial charge on any atom is -0.335 e. The molecule has 0 saturated heterocycles. The highest BCUT2D eigenvalue weighted by Gasteiger charge is 2.21. The van der Waals surface area contributed by atoms with Crippen LogP contribution in [0.2, 0.25) is 0 Å². The first kappa shape index (κ1) is 19.3. The smallest absolute Gasteiger partial charge is 0.321 e. The number of rotatable bonds is 5. The summed E-state index contributed by atoms with van der Waals surface area (Å²) in [4.78, 5) is 24.0. The Balaban J connectivity index is 1.82. The number of imide groups is 1. The van der Waals surface area contributed by atoms with Gasteiger partial charge < -0.3 is 5.32 Å². The van der Waals surface area contributed by atoms with Gasteiger partial charge in [0.2, 0.25) is 5.91 Å². The minimum atomic E-state index is -0.935. The first-order valence-corrected chi connectivity index (χ1v) is 8.69. The maximum atomic E-state index is 13.3. The van der Waals surface area contributed by atoms with Crippen molar-refractivity contribution in [3.63, 3.8) is 0 Å². The zero-order valence-electron chi connectivity index (χ0n) is 14.6. The highest BCUT2D eigenvalue weighted by Crippen LogP contribution is 2.18. The van der Waals surface area contributed by atoms with Crippen molar-refractivity contribution < 1.29 is 18.4 Å². The lowest BCUT2D eigenvalue weighted by atomic mass is 9.96. The Morgan fingerprint density at radius 3 is 2.40 bits per heavy atom. The van der Waals surface area contributed by atoms with Crippen molar-refractivity contribution in [2.24, 2.45) is 0 Å². The van der Waals surface area contributed by atoms with Crippen LogP contribution in [0.4, 0.5) is 13.6 Å². The summed E-state index contributed by atoms with van der Waals surface area (Å²) in [6.45, 7) is 3.35. The molecule has 2 atom stereocenters. The van der Waals surface area contributed by atoms with Gasteiger partial charge in [0, 0.05) is 12.1 Å². The van der Waals surface area contributed by atoms with E-state index in [0.29, 0.717) is 5.56 Å². The second-order valence-corrected chi connectivity index (χ2v) is 6.58. The molecule has 1 aliphatic rings. The van der Waals surface area contributed by atoms with Crippen molar-refractivity contribution in [3.8, 4) is 0 Å².